The molecule has 2 rings (SSSR count). The first-order valence-electron chi connectivity index (χ1n) is 5.43. The van der Waals surface area contributed by atoms with Gasteiger partial charge in [-0.2, -0.15) is 5.10 Å². The zero-order chi connectivity index (χ0) is 11.4. The zero-order valence-corrected chi connectivity index (χ0v) is 9.70. The van der Waals surface area contributed by atoms with E-state index in [9.17, 15) is 0 Å². The van der Waals surface area contributed by atoms with Crippen molar-refractivity contribution in [2.45, 2.75) is 19.9 Å². The molecule has 2 heterocycles. The van der Waals surface area contributed by atoms with Crippen LogP contribution in [-0.4, -0.2) is 26.3 Å². The predicted molar refractivity (Wildman–Crippen MR) is 61.9 cm³/mol. The van der Waals surface area contributed by atoms with Crippen LogP contribution in [0.5, 0.6) is 0 Å². The van der Waals surface area contributed by atoms with E-state index in [0.717, 1.165) is 30.9 Å². The Bertz CT molecular complexity index is 429. The monoisotopic (exact) mass is 219 g/mol. The van der Waals surface area contributed by atoms with Crippen LogP contribution in [0, 0.1) is 6.92 Å². The minimum Gasteiger partial charge on any atom is -0.348 e. The Morgan fingerprint density at radius 3 is 3.00 bits per heavy atom. The Balaban J connectivity index is 1.74. The fourth-order valence-corrected chi connectivity index (χ4v) is 1.69. The van der Waals surface area contributed by atoms with Crippen LogP contribution in [0.25, 0.3) is 0 Å². The van der Waals surface area contributed by atoms with E-state index in [-0.39, 0.29) is 0 Å². The highest BCUT2D eigenvalue weighted by Crippen LogP contribution is 2.03. The second-order valence-electron chi connectivity index (χ2n) is 3.92. The normalized spacial score (nSPS) is 10.9. The van der Waals surface area contributed by atoms with Crippen molar-refractivity contribution in [1.82, 2.24) is 25.1 Å². The number of rotatable bonds is 5. The number of imidazole rings is 1. The number of aromatic amines is 1. The second kappa shape index (κ2) is 4.94. The summed E-state index contributed by atoms with van der Waals surface area (Å²) in [5.41, 5.74) is 3.51. The van der Waals surface area contributed by atoms with E-state index in [1.54, 1.807) is 6.33 Å². The van der Waals surface area contributed by atoms with Crippen LogP contribution in [0.4, 0.5) is 0 Å². The van der Waals surface area contributed by atoms with Crippen molar-refractivity contribution in [1.29, 1.82) is 0 Å². The lowest BCUT2D eigenvalue weighted by Crippen LogP contribution is -2.17. The van der Waals surface area contributed by atoms with Gasteiger partial charge >= 0.3 is 0 Å². The molecule has 2 N–H and O–H groups in total. The van der Waals surface area contributed by atoms with E-state index in [2.05, 4.69) is 26.6 Å². The highest BCUT2D eigenvalue weighted by atomic mass is 15.2. The quantitative estimate of drug-likeness (QED) is 0.731. The van der Waals surface area contributed by atoms with Gasteiger partial charge in [0, 0.05) is 50.2 Å². The van der Waals surface area contributed by atoms with E-state index < -0.39 is 0 Å². The summed E-state index contributed by atoms with van der Waals surface area (Å²) in [4.78, 5) is 7.06. The molecule has 0 atom stereocenters. The molecule has 0 saturated carbocycles. The Hall–Kier alpha value is -1.62. The third kappa shape index (κ3) is 2.70. The molecule has 5 nitrogen and oxygen atoms in total. The van der Waals surface area contributed by atoms with Gasteiger partial charge in [0.05, 0.1) is 12.0 Å². The smallest absolute Gasteiger partial charge is 0.0921 e. The Morgan fingerprint density at radius 1 is 1.50 bits per heavy atom. The summed E-state index contributed by atoms with van der Waals surface area (Å²) in [6.45, 7) is 3.84. The lowest BCUT2D eigenvalue weighted by atomic mass is 10.2. The van der Waals surface area contributed by atoms with Gasteiger partial charge in [-0.15, -0.1) is 0 Å². The standard InChI is InChI=1S/C11H17N5/c1-9-10(7-16(2)15-9)5-12-4-3-11-6-13-8-14-11/h6-8,12H,3-5H2,1-2H3,(H,13,14). The minimum absolute atomic E-state index is 0.869. The van der Waals surface area contributed by atoms with Crippen LogP contribution in [0.1, 0.15) is 17.0 Å². The van der Waals surface area contributed by atoms with Gasteiger partial charge in [-0.05, 0) is 6.92 Å². The summed E-state index contributed by atoms with van der Waals surface area (Å²) in [6, 6.07) is 0. The first kappa shape index (κ1) is 10.9. The number of hydrogen-bond acceptors (Lipinski definition) is 3. The molecule has 0 spiro atoms. The molecular formula is C11H17N5. The van der Waals surface area contributed by atoms with Gasteiger partial charge < -0.3 is 10.3 Å². The maximum Gasteiger partial charge on any atom is 0.0921 e. The molecule has 0 saturated heterocycles. The maximum absolute atomic E-state index is 4.30. The number of H-pyrrole nitrogens is 1. The van der Waals surface area contributed by atoms with Gasteiger partial charge in [-0.25, -0.2) is 4.98 Å². The van der Waals surface area contributed by atoms with Crippen molar-refractivity contribution in [2.75, 3.05) is 6.54 Å². The van der Waals surface area contributed by atoms with Crippen LogP contribution < -0.4 is 5.32 Å². The first-order chi connectivity index (χ1) is 7.75. The number of hydrogen-bond donors (Lipinski definition) is 2. The van der Waals surface area contributed by atoms with Crippen LogP contribution in [0.15, 0.2) is 18.7 Å². The minimum atomic E-state index is 0.869. The Kier molecular flexibility index (Phi) is 3.36. The summed E-state index contributed by atoms with van der Waals surface area (Å²) in [6.07, 6.45) is 6.59. The number of aryl methyl sites for hydroxylation is 2. The molecule has 0 amide bonds. The first-order valence-corrected chi connectivity index (χ1v) is 5.43. The van der Waals surface area contributed by atoms with Gasteiger partial charge in [0.2, 0.25) is 0 Å². The third-order valence-corrected chi connectivity index (χ3v) is 2.56. The molecule has 86 valence electrons. The SMILES string of the molecule is Cc1nn(C)cc1CNCCc1cnc[nH]1. The number of nitrogens with one attached hydrogen (secondary N) is 2. The summed E-state index contributed by atoms with van der Waals surface area (Å²) in [5, 5.41) is 7.69. The maximum atomic E-state index is 4.30. The van der Waals surface area contributed by atoms with E-state index in [1.807, 2.05) is 24.9 Å². The molecular weight excluding hydrogens is 202 g/mol. The van der Waals surface area contributed by atoms with Gasteiger partial charge in [-0.1, -0.05) is 0 Å². The molecule has 2 aromatic heterocycles. The molecule has 0 radical (unpaired) electrons. The topological polar surface area (TPSA) is 58.5 Å². The van der Waals surface area contributed by atoms with Crippen LogP contribution in [0.3, 0.4) is 0 Å². The number of aromatic nitrogens is 4. The summed E-state index contributed by atoms with van der Waals surface area (Å²) >= 11 is 0. The van der Waals surface area contributed by atoms with Crippen molar-refractivity contribution in [2.24, 2.45) is 7.05 Å². The summed E-state index contributed by atoms with van der Waals surface area (Å²) in [7, 11) is 1.95. The molecule has 0 bridgehead atoms. The van der Waals surface area contributed by atoms with Gasteiger partial charge in [-0.3, -0.25) is 4.68 Å². The summed E-state index contributed by atoms with van der Waals surface area (Å²) in [5.74, 6) is 0. The number of nitrogens with zero attached hydrogens (tertiary/aromatic N) is 3. The van der Waals surface area contributed by atoms with Crippen molar-refractivity contribution >= 4 is 0 Å². The predicted octanol–water partition coefficient (Wildman–Crippen LogP) is 0.784. The molecule has 0 unspecified atom stereocenters. The average Bonchev–Trinajstić information content (AvgIpc) is 2.84. The van der Waals surface area contributed by atoms with Crippen molar-refractivity contribution in [3.8, 4) is 0 Å². The Morgan fingerprint density at radius 2 is 2.38 bits per heavy atom. The lowest BCUT2D eigenvalue weighted by Gasteiger charge is -2.02. The molecule has 0 aromatic carbocycles. The lowest BCUT2D eigenvalue weighted by molar-refractivity contribution is 0.678. The highest BCUT2D eigenvalue weighted by Gasteiger charge is 2.01. The molecule has 0 aliphatic rings. The van der Waals surface area contributed by atoms with Crippen molar-refractivity contribution < 1.29 is 0 Å². The van der Waals surface area contributed by atoms with Gasteiger partial charge in [0.1, 0.15) is 0 Å². The molecule has 0 fully saturated rings. The van der Waals surface area contributed by atoms with E-state index in [0.29, 0.717) is 0 Å². The van der Waals surface area contributed by atoms with E-state index in [1.165, 1.54) is 5.56 Å². The molecule has 0 aliphatic carbocycles. The molecule has 0 aliphatic heterocycles. The largest absolute Gasteiger partial charge is 0.348 e. The average molecular weight is 219 g/mol. The third-order valence-electron chi connectivity index (χ3n) is 2.56. The molecule has 2 aromatic rings. The van der Waals surface area contributed by atoms with E-state index in [4.69, 9.17) is 0 Å². The van der Waals surface area contributed by atoms with Crippen LogP contribution in [-0.2, 0) is 20.0 Å². The second-order valence-corrected chi connectivity index (χ2v) is 3.92. The van der Waals surface area contributed by atoms with E-state index >= 15 is 0 Å². The van der Waals surface area contributed by atoms with Crippen LogP contribution in [0.2, 0.25) is 0 Å². The fourth-order valence-electron chi connectivity index (χ4n) is 1.69. The highest BCUT2D eigenvalue weighted by molar-refractivity contribution is 5.14. The van der Waals surface area contributed by atoms with Crippen molar-refractivity contribution in [3.05, 3.63) is 35.7 Å². The van der Waals surface area contributed by atoms with Crippen molar-refractivity contribution in [3.63, 3.8) is 0 Å². The zero-order valence-electron chi connectivity index (χ0n) is 9.70. The Labute approximate surface area is 94.9 Å². The van der Waals surface area contributed by atoms with Crippen LogP contribution >= 0.6 is 0 Å². The van der Waals surface area contributed by atoms with Gasteiger partial charge in [0.25, 0.3) is 0 Å². The van der Waals surface area contributed by atoms with Gasteiger partial charge in [0.15, 0.2) is 0 Å². The molecule has 5 heteroatoms. The molecule has 16 heavy (non-hydrogen) atoms. The fraction of sp³-hybridized carbons (Fsp3) is 0.455. The summed E-state index contributed by atoms with van der Waals surface area (Å²) < 4.78 is 1.85.